The average molecular weight is 171 g/mol. The van der Waals surface area contributed by atoms with Crippen molar-refractivity contribution in [3.63, 3.8) is 0 Å². The number of likely N-dealkylation sites (N-methyl/N-ethyl adjacent to an activating group) is 1. The topological polar surface area (TPSA) is 12.5 Å². The first kappa shape index (κ1) is 10.0. The lowest BCUT2D eigenvalue weighted by Gasteiger charge is -2.20. The third-order valence-corrected chi connectivity index (χ3v) is 2.52. The molecule has 0 bridgehead atoms. The van der Waals surface area contributed by atoms with Crippen LogP contribution in [0.25, 0.3) is 0 Å². The summed E-state index contributed by atoms with van der Waals surface area (Å²) in [5.41, 5.74) is 0. The van der Waals surface area contributed by atoms with Crippen LogP contribution >= 0.6 is 0 Å². The number of hydrogen-bond acceptors (Lipinski definition) is 2. The molecule has 2 atom stereocenters. The van der Waals surface area contributed by atoms with Gasteiger partial charge in [-0.1, -0.05) is 6.92 Å². The fourth-order valence-corrected chi connectivity index (χ4v) is 1.86. The van der Waals surface area contributed by atoms with Crippen molar-refractivity contribution in [2.75, 3.05) is 20.2 Å². The molecule has 0 amide bonds. The second-order valence-corrected chi connectivity index (χ2v) is 4.32. The van der Waals surface area contributed by atoms with E-state index in [-0.39, 0.29) is 0 Å². The zero-order chi connectivity index (χ0) is 9.14. The van der Waals surface area contributed by atoms with Crippen molar-refractivity contribution in [1.82, 2.24) is 4.90 Å². The second kappa shape index (κ2) is 4.24. The van der Waals surface area contributed by atoms with Gasteiger partial charge in [0.1, 0.15) is 0 Å². The molecule has 2 nitrogen and oxygen atoms in total. The molecule has 1 aliphatic heterocycles. The Labute approximate surface area is 75.9 Å². The van der Waals surface area contributed by atoms with Crippen molar-refractivity contribution in [3.05, 3.63) is 0 Å². The quantitative estimate of drug-likeness (QED) is 0.641. The standard InChI is InChI=1S/C10H21NO/c1-8(2)12-7-10-5-9(3)6-11(10)4/h8-10H,5-7H2,1-4H3/t9-,10-/m0/s1. The van der Waals surface area contributed by atoms with Crippen molar-refractivity contribution in [2.24, 2.45) is 5.92 Å². The van der Waals surface area contributed by atoms with Crippen molar-refractivity contribution in [2.45, 2.75) is 39.3 Å². The van der Waals surface area contributed by atoms with Crippen LogP contribution in [0.5, 0.6) is 0 Å². The van der Waals surface area contributed by atoms with Crippen molar-refractivity contribution in [1.29, 1.82) is 0 Å². The molecule has 2 heteroatoms. The third kappa shape index (κ3) is 2.76. The highest BCUT2D eigenvalue weighted by Gasteiger charge is 2.26. The molecule has 0 aliphatic carbocycles. The SMILES string of the molecule is CC(C)OC[C@@H]1C[C@H](C)CN1C. The van der Waals surface area contributed by atoms with E-state index >= 15 is 0 Å². The summed E-state index contributed by atoms with van der Waals surface area (Å²) >= 11 is 0. The predicted molar refractivity (Wildman–Crippen MR) is 51.3 cm³/mol. The molecule has 1 fully saturated rings. The lowest BCUT2D eigenvalue weighted by Crippen LogP contribution is -2.30. The molecule has 12 heavy (non-hydrogen) atoms. The van der Waals surface area contributed by atoms with Gasteiger partial charge in [0.05, 0.1) is 12.7 Å². The zero-order valence-corrected chi connectivity index (χ0v) is 8.71. The van der Waals surface area contributed by atoms with E-state index in [1.165, 1.54) is 13.0 Å². The molecular formula is C10H21NO. The Morgan fingerprint density at radius 2 is 2.17 bits per heavy atom. The molecule has 0 N–H and O–H groups in total. The highest BCUT2D eigenvalue weighted by Crippen LogP contribution is 2.21. The van der Waals surface area contributed by atoms with Gasteiger partial charge >= 0.3 is 0 Å². The highest BCUT2D eigenvalue weighted by atomic mass is 16.5. The molecule has 1 saturated heterocycles. The van der Waals surface area contributed by atoms with Gasteiger partial charge in [0, 0.05) is 12.6 Å². The summed E-state index contributed by atoms with van der Waals surface area (Å²) in [6.07, 6.45) is 1.66. The molecule has 0 radical (unpaired) electrons. The van der Waals surface area contributed by atoms with Crippen LogP contribution in [0.2, 0.25) is 0 Å². The molecule has 1 aliphatic rings. The molecule has 72 valence electrons. The van der Waals surface area contributed by atoms with Crippen LogP contribution in [0.15, 0.2) is 0 Å². The summed E-state index contributed by atoms with van der Waals surface area (Å²) in [6.45, 7) is 8.63. The predicted octanol–water partition coefficient (Wildman–Crippen LogP) is 1.75. The zero-order valence-electron chi connectivity index (χ0n) is 8.71. The highest BCUT2D eigenvalue weighted by molar-refractivity contribution is 4.80. The van der Waals surface area contributed by atoms with Gasteiger partial charge in [0.2, 0.25) is 0 Å². The van der Waals surface area contributed by atoms with Gasteiger partial charge in [-0.15, -0.1) is 0 Å². The maximum atomic E-state index is 5.60. The number of hydrogen-bond donors (Lipinski definition) is 0. The van der Waals surface area contributed by atoms with E-state index in [4.69, 9.17) is 4.74 Å². The van der Waals surface area contributed by atoms with E-state index in [1.54, 1.807) is 0 Å². The van der Waals surface area contributed by atoms with Crippen LogP contribution in [0.3, 0.4) is 0 Å². The molecule has 0 aromatic heterocycles. The molecule has 0 saturated carbocycles. The summed E-state index contributed by atoms with van der Waals surface area (Å²) in [6, 6.07) is 0.655. The number of rotatable bonds is 3. The van der Waals surface area contributed by atoms with Crippen molar-refractivity contribution >= 4 is 0 Å². The maximum Gasteiger partial charge on any atom is 0.0625 e. The summed E-state index contributed by atoms with van der Waals surface area (Å²) in [5.74, 6) is 0.843. The maximum absolute atomic E-state index is 5.60. The Hall–Kier alpha value is -0.0800. The Bertz CT molecular complexity index is 136. The lowest BCUT2D eigenvalue weighted by molar-refractivity contribution is 0.0431. The normalized spacial score (nSPS) is 31.8. The molecule has 0 aromatic rings. The Morgan fingerprint density at radius 1 is 1.50 bits per heavy atom. The van der Waals surface area contributed by atoms with Crippen molar-refractivity contribution < 1.29 is 4.74 Å². The van der Waals surface area contributed by atoms with Gasteiger partial charge in [0.25, 0.3) is 0 Å². The molecule has 1 heterocycles. The average Bonchev–Trinajstić information content (AvgIpc) is 2.26. The minimum atomic E-state index is 0.370. The first-order valence-electron chi connectivity index (χ1n) is 4.91. The molecule has 0 unspecified atom stereocenters. The molecule has 0 aromatic carbocycles. The van der Waals surface area contributed by atoms with Gasteiger partial charge in [0.15, 0.2) is 0 Å². The van der Waals surface area contributed by atoms with Gasteiger partial charge in [-0.2, -0.15) is 0 Å². The van der Waals surface area contributed by atoms with Crippen LogP contribution in [0, 0.1) is 5.92 Å². The van der Waals surface area contributed by atoms with Gasteiger partial charge in [-0.05, 0) is 33.2 Å². The van der Waals surface area contributed by atoms with E-state index in [0.717, 1.165) is 12.5 Å². The van der Waals surface area contributed by atoms with Crippen LogP contribution in [0.4, 0.5) is 0 Å². The Morgan fingerprint density at radius 3 is 2.58 bits per heavy atom. The fraction of sp³-hybridized carbons (Fsp3) is 1.00. The Balaban J connectivity index is 2.23. The minimum absolute atomic E-state index is 0.370. The summed E-state index contributed by atoms with van der Waals surface area (Å²) in [4.78, 5) is 2.41. The van der Waals surface area contributed by atoms with Crippen LogP contribution in [-0.4, -0.2) is 37.2 Å². The number of ether oxygens (including phenoxy) is 1. The molecular weight excluding hydrogens is 150 g/mol. The summed E-state index contributed by atoms with van der Waals surface area (Å²) < 4.78 is 5.60. The third-order valence-electron chi connectivity index (χ3n) is 2.52. The smallest absolute Gasteiger partial charge is 0.0625 e. The largest absolute Gasteiger partial charge is 0.377 e. The van der Waals surface area contributed by atoms with Crippen LogP contribution in [0.1, 0.15) is 27.2 Å². The van der Waals surface area contributed by atoms with E-state index < -0.39 is 0 Å². The van der Waals surface area contributed by atoms with Gasteiger partial charge in [-0.25, -0.2) is 0 Å². The molecule has 0 spiro atoms. The van der Waals surface area contributed by atoms with Crippen molar-refractivity contribution in [3.8, 4) is 0 Å². The fourth-order valence-electron chi connectivity index (χ4n) is 1.86. The first-order chi connectivity index (χ1) is 5.59. The Kier molecular flexibility index (Phi) is 3.53. The van der Waals surface area contributed by atoms with E-state index in [0.29, 0.717) is 12.1 Å². The lowest BCUT2D eigenvalue weighted by atomic mass is 10.1. The number of nitrogens with zero attached hydrogens (tertiary/aromatic N) is 1. The summed E-state index contributed by atoms with van der Waals surface area (Å²) in [5, 5.41) is 0. The van der Waals surface area contributed by atoms with Gasteiger partial charge < -0.3 is 9.64 Å². The van der Waals surface area contributed by atoms with E-state index in [9.17, 15) is 0 Å². The first-order valence-corrected chi connectivity index (χ1v) is 4.91. The van der Waals surface area contributed by atoms with Gasteiger partial charge in [-0.3, -0.25) is 0 Å². The van der Waals surface area contributed by atoms with E-state index in [2.05, 4.69) is 32.7 Å². The number of likely N-dealkylation sites (tertiary alicyclic amines) is 1. The second-order valence-electron chi connectivity index (χ2n) is 4.32. The van der Waals surface area contributed by atoms with Crippen LogP contribution < -0.4 is 0 Å². The summed E-state index contributed by atoms with van der Waals surface area (Å²) in [7, 11) is 2.19. The monoisotopic (exact) mass is 171 g/mol. The molecule has 1 rings (SSSR count). The minimum Gasteiger partial charge on any atom is -0.377 e. The van der Waals surface area contributed by atoms with Crippen LogP contribution in [-0.2, 0) is 4.74 Å². The van der Waals surface area contributed by atoms with E-state index in [1.807, 2.05) is 0 Å².